The van der Waals surface area contributed by atoms with Crippen molar-refractivity contribution in [2.75, 3.05) is 19.7 Å². The second kappa shape index (κ2) is 6.22. The fourth-order valence-corrected chi connectivity index (χ4v) is 5.18. The van der Waals surface area contributed by atoms with Gasteiger partial charge in [-0.3, -0.25) is 0 Å². The third-order valence-corrected chi connectivity index (χ3v) is 6.74. The van der Waals surface area contributed by atoms with Crippen molar-refractivity contribution < 1.29 is 13.2 Å². The molecule has 2 heterocycles. The standard InChI is InChI=1S/C19H21NO3S/c21-24(22,14-15-4-2-1-3-5-15)20-10-8-18(13-20)16-6-7-19-17(12-16)9-11-23-19/h1-7,12,18H,8-11,13-14H2. The molecule has 1 fully saturated rings. The van der Waals surface area contributed by atoms with Gasteiger partial charge in [0.2, 0.25) is 10.0 Å². The quantitative estimate of drug-likeness (QED) is 0.857. The molecule has 1 atom stereocenters. The minimum atomic E-state index is -3.26. The van der Waals surface area contributed by atoms with Crippen LogP contribution in [0.2, 0.25) is 0 Å². The zero-order valence-electron chi connectivity index (χ0n) is 13.5. The van der Waals surface area contributed by atoms with Crippen molar-refractivity contribution in [3.8, 4) is 5.75 Å². The number of fused-ring (bicyclic) bond motifs is 1. The van der Waals surface area contributed by atoms with E-state index in [-0.39, 0.29) is 11.7 Å². The summed E-state index contributed by atoms with van der Waals surface area (Å²) in [4.78, 5) is 0. The van der Waals surface area contributed by atoms with Gasteiger partial charge in [-0.1, -0.05) is 42.5 Å². The topological polar surface area (TPSA) is 46.6 Å². The zero-order chi connectivity index (χ0) is 16.6. The summed E-state index contributed by atoms with van der Waals surface area (Å²) in [6.07, 6.45) is 1.83. The highest BCUT2D eigenvalue weighted by atomic mass is 32.2. The van der Waals surface area contributed by atoms with Crippen molar-refractivity contribution in [2.24, 2.45) is 0 Å². The van der Waals surface area contributed by atoms with Crippen molar-refractivity contribution in [2.45, 2.75) is 24.5 Å². The molecule has 2 aliphatic rings. The number of nitrogens with zero attached hydrogens (tertiary/aromatic N) is 1. The molecule has 0 aliphatic carbocycles. The fraction of sp³-hybridized carbons (Fsp3) is 0.368. The molecule has 4 nitrogen and oxygen atoms in total. The van der Waals surface area contributed by atoms with Gasteiger partial charge >= 0.3 is 0 Å². The number of rotatable bonds is 4. The van der Waals surface area contributed by atoms with Gasteiger partial charge in [0.05, 0.1) is 12.4 Å². The molecule has 1 saturated heterocycles. The normalized spacial score (nSPS) is 20.8. The van der Waals surface area contributed by atoms with Gasteiger partial charge in [0.1, 0.15) is 5.75 Å². The summed E-state index contributed by atoms with van der Waals surface area (Å²) in [5, 5.41) is 0. The lowest BCUT2D eigenvalue weighted by molar-refractivity contribution is 0.357. The molecule has 0 bridgehead atoms. The number of benzene rings is 2. The number of sulfonamides is 1. The van der Waals surface area contributed by atoms with Gasteiger partial charge in [-0.2, -0.15) is 0 Å². The lowest BCUT2D eigenvalue weighted by Gasteiger charge is -2.17. The number of hydrogen-bond donors (Lipinski definition) is 0. The maximum absolute atomic E-state index is 12.7. The predicted molar refractivity (Wildman–Crippen MR) is 93.6 cm³/mol. The zero-order valence-corrected chi connectivity index (χ0v) is 14.3. The monoisotopic (exact) mass is 343 g/mol. The van der Waals surface area contributed by atoms with Gasteiger partial charge in [0.15, 0.2) is 0 Å². The van der Waals surface area contributed by atoms with E-state index in [1.165, 1.54) is 11.1 Å². The molecule has 2 aromatic carbocycles. The van der Waals surface area contributed by atoms with E-state index < -0.39 is 10.0 Å². The maximum Gasteiger partial charge on any atom is 0.218 e. The second-order valence-corrected chi connectivity index (χ2v) is 8.52. The highest BCUT2D eigenvalue weighted by molar-refractivity contribution is 7.88. The lowest BCUT2D eigenvalue weighted by Crippen LogP contribution is -2.29. The van der Waals surface area contributed by atoms with Gasteiger partial charge in [-0.05, 0) is 35.1 Å². The van der Waals surface area contributed by atoms with Crippen molar-refractivity contribution in [1.82, 2.24) is 4.31 Å². The minimum absolute atomic E-state index is 0.0819. The first-order valence-corrected chi connectivity index (χ1v) is 10.00. The molecular formula is C19H21NO3S. The molecule has 5 heteroatoms. The molecule has 1 unspecified atom stereocenters. The summed E-state index contributed by atoms with van der Waals surface area (Å²) < 4.78 is 32.5. The Morgan fingerprint density at radius 1 is 1.12 bits per heavy atom. The summed E-state index contributed by atoms with van der Waals surface area (Å²) in [5.41, 5.74) is 3.32. The van der Waals surface area contributed by atoms with E-state index in [0.717, 1.165) is 30.8 Å². The van der Waals surface area contributed by atoms with Crippen molar-refractivity contribution >= 4 is 10.0 Å². The maximum atomic E-state index is 12.7. The molecule has 2 aliphatic heterocycles. The van der Waals surface area contributed by atoms with E-state index in [4.69, 9.17) is 4.74 Å². The van der Waals surface area contributed by atoms with Gasteiger partial charge in [-0.25, -0.2) is 12.7 Å². The molecule has 24 heavy (non-hydrogen) atoms. The Hall–Kier alpha value is -1.85. The Morgan fingerprint density at radius 2 is 1.96 bits per heavy atom. The van der Waals surface area contributed by atoms with Crippen molar-refractivity contribution in [3.63, 3.8) is 0 Å². The molecule has 0 saturated carbocycles. The third-order valence-electron chi connectivity index (χ3n) is 4.92. The molecule has 2 aromatic rings. The van der Waals surface area contributed by atoms with Crippen LogP contribution < -0.4 is 4.74 Å². The Bertz CT molecular complexity index is 833. The number of ether oxygens (including phenoxy) is 1. The van der Waals surface area contributed by atoms with Crippen LogP contribution in [0.4, 0.5) is 0 Å². The molecular weight excluding hydrogens is 322 g/mol. The summed E-state index contributed by atoms with van der Waals surface area (Å²) >= 11 is 0. The Labute approximate surface area is 143 Å². The van der Waals surface area contributed by atoms with Crippen LogP contribution in [0.1, 0.15) is 29.0 Å². The van der Waals surface area contributed by atoms with Crippen LogP contribution in [-0.4, -0.2) is 32.4 Å². The molecule has 4 rings (SSSR count). The van der Waals surface area contributed by atoms with E-state index in [1.54, 1.807) is 4.31 Å². The molecule has 0 N–H and O–H groups in total. The Kier molecular flexibility index (Phi) is 4.06. The summed E-state index contributed by atoms with van der Waals surface area (Å²) in [6.45, 7) is 1.93. The summed E-state index contributed by atoms with van der Waals surface area (Å²) in [6, 6.07) is 15.7. The average molecular weight is 343 g/mol. The first kappa shape index (κ1) is 15.7. The first-order valence-electron chi connectivity index (χ1n) is 8.39. The van der Waals surface area contributed by atoms with Gasteiger partial charge in [0, 0.05) is 19.5 Å². The third kappa shape index (κ3) is 3.06. The summed E-state index contributed by atoms with van der Waals surface area (Å²) in [7, 11) is -3.26. The number of hydrogen-bond acceptors (Lipinski definition) is 3. The second-order valence-electron chi connectivity index (χ2n) is 6.55. The van der Waals surface area contributed by atoms with Crippen molar-refractivity contribution in [3.05, 3.63) is 65.2 Å². The average Bonchev–Trinajstić information content (AvgIpc) is 3.24. The van der Waals surface area contributed by atoms with Gasteiger partial charge in [0.25, 0.3) is 0 Å². The smallest absolute Gasteiger partial charge is 0.218 e. The van der Waals surface area contributed by atoms with Gasteiger partial charge in [-0.15, -0.1) is 0 Å². The van der Waals surface area contributed by atoms with Crippen LogP contribution >= 0.6 is 0 Å². The largest absolute Gasteiger partial charge is 0.493 e. The van der Waals surface area contributed by atoms with Crippen LogP contribution in [0, 0.1) is 0 Å². The molecule has 0 amide bonds. The van der Waals surface area contributed by atoms with Crippen LogP contribution in [0.5, 0.6) is 5.75 Å². The Balaban J connectivity index is 1.48. The first-order chi connectivity index (χ1) is 11.6. The van der Waals surface area contributed by atoms with E-state index >= 15 is 0 Å². The fourth-order valence-electron chi connectivity index (χ4n) is 3.59. The van der Waals surface area contributed by atoms with Crippen LogP contribution in [-0.2, 0) is 22.2 Å². The summed E-state index contributed by atoms with van der Waals surface area (Å²) in [5.74, 6) is 1.34. The van der Waals surface area contributed by atoms with E-state index in [0.29, 0.717) is 13.1 Å². The molecule has 0 radical (unpaired) electrons. The highest BCUT2D eigenvalue weighted by Crippen LogP contribution is 2.34. The van der Waals surface area contributed by atoms with E-state index in [1.807, 2.05) is 36.4 Å². The van der Waals surface area contributed by atoms with Crippen LogP contribution in [0.25, 0.3) is 0 Å². The van der Waals surface area contributed by atoms with Crippen LogP contribution in [0.3, 0.4) is 0 Å². The lowest BCUT2D eigenvalue weighted by atomic mass is 9.96. The van der Waals surface area contributed by atoms with Crippen LogP contribution in [0.15, 0.2) is 48.5 Å². The van der Waals surface area contributed by atoms with Crippen molar-refractivity contribution in [1.29, 1.82) is 0 Å². The van der Waals surface area contributed by atoms with Gasteiger partial charge < -0.3 is 4.74 Å². The van der Waals surface area contributed by atoms with E-state index in [9.17, 15) is 8.42 Å². The molecule has 0 aromatic heterocycles. The van der Waals surface area contributed by atoms with E-state index in [2.05, 4.69) is 12.1 Å². The predicted octanol–water partition coefficient (Wildman–Crippen LogP) is 2.94. The highest BCUT2D eigenvalue weighted by Gasteiger charge is 2.32. The SMILES string of the molecule is O=S(=O)(Cc1ccccc1)N1CCC(c2ccc3c(c2)CCO3)C1. The minimum Gasteiger partial charge on any atom is -0.493 e. The molecule has 126 valence electrons. The molecule has 0 spiro atoms. The Morgan fingerprint density at radius 3 is 2.79 bits per heavy atom.